The van der Waals surface area contributed by atoms with Crippen molar-refractivity contribution in [1.82, 2.24) is 5.43 Å². The van der Waals surface area contributed by atoms with Gasteiger partial charge in [-0.05, 0) is 91.2 Å². The van der Waals surface area contributed by atoms with Crippen LogP contribution in [0.25, 0.3) is 0 Å². The maximum absolute atomic E-state index is 13.9. The van der Waals surface area contributed by atoms with Gasteiger partial charge in [-0.2, -0.15) is 5.10 Å². The van der Waals surface area contributed by atoms with Gasteiger partial charge in [-0.1, -0.05) is 29.8 Å². The minimum absolute atomic E-state index is 0.0794. The standard InChI is InChI=1S/C33H33ClN4O7S/c1-22-15-23(2)17-25(16-22)38(46(41,42)27-13-14-30(43-3)31(18-27)44-4)20-32(39)37-35-19-24-9-11-26(12-10-24)45-21-33(40)36-29-8-6-5-7-28(29)34/h5-19H,20-21H2,1-4H3,(H,36,40)(H,37,39)/b35-19-. The number of nitrogens with one attached hydrogen (secondary N) is 2. The summed E-state index contributed by atoms with van der Waals surface area (Å²) in [5.41, 5.74) is 5.48. The normalized spacial score (nSPS) is 11.2. The molecule has 2 amide bonds. The average Bonchev–Trinajstić information content (AvgIpc) is 3.03. The van der Waals surface area contributed by atoms with E-state index in [0.29, 0.717) is 33.5 Å². The van der Waals surface area contributed by atoms with Crippen LogP contribution in [-0.4, -0.2) is 53.8 Å². The van der Waals surface area contributed by atoms with Gasteiger partial charge in [0.1, 0.15) is 12.3 Å². The van der Waals surface area contributed by atoms with Crippen molar-refractivity contribution in [2.75, 3.05) is 37.0 Å². The van der Waals surface area contributed by atoms with Gasteiger partial charge in [-0.15, -0.1) is 0 Å². The van der Waals surface area contributed by atoms with Gasteiger partial charge in [0.15, 0.2) is 18.1 Å². The first-order valence-corrected chi connectivity index (χ1v) is 15.7. The molecular formula is C33H33ClN4O7S. The molecule has 2 N–H and O–H groups in total. The lowest BCUT2D eigenvalue weighted by Crippen LogP contribution is -2.39. The van der Waals surface area contributed by atoms with E-state index in [1.165, 1.54) is 38.6 Å². The number of carbonyl (C=O) groups excluding carboxylic acids is 2. The molecule has 4 rings (SSSR count). The van der Waals surface area contributed by atoms with Crippen molar-refractivity contribution >= 4 is 51.0 Å². The first-order chi connectivity index (χ1) is 22.0. The lowest BCUT2D eigenvalue weighted by molar-refractivity contribution is -0.119. The second-order valence-corrected chi connectivity index (χ2v) is 12.3. The van der Waals surface area contributed by atoms with Crippen LogP contribution in [0.3, 0.4) is 0 Å². The van der Waals surface area contributed by atoms with E-state index in [9.17, 15) is 18.0 Å². The van der Waals surface area contributed by atoms with Crippen molar-refractivity contribution < 1.29 is 32.2 Å². The molecule has 13 heteroatoms. The molecule has 0 atom stereocenters. The summed E-state index contributed by atoms with van der Waals surface area (Å²) < 4.78 is 44.8. The smallest absolute Gasteiger partial charge is 0.264 e. The first kappa shape index (κ1) is 33.8. The van der Waals surface area contributed by atoms with Gasteiger partial charge in [0, 0.05) is 6.07 Å². The maximum atomic E-state index is 13.9. The molecule has 0 aliphatic heterocycles. The molecule has 0 bridgehead atoms. The number of anilines is 2. The minimum atomic E-state index is -4.22. The molecule has 240 valence electrons. The highest BCUT2D eigenvalue weighted by Gasteiger charge is 2.28. The highest BCUT2D eigenvalue weighted by molar-refractivity contribution is 7.92. The van der Waals surface area contributed by atoms with Crippen molar-refractivity contribution in [2.45, 2.75) is 18.7 Å². The topological polar surface area (TPSA) is 136 Å². The maximum Gasteiger partial charge on any atom is 0.264 e. The molecule has 0 aliphatic rings. The molecular weight excluding hydrogens is 632 g/mol. The Morgan fingerprint density at radius 3 is 2.20 bits per heavy atom. The Morgan fingerprint density at radius 1 is 0.870 bits per heavy atom. The van der Waals surface area contributed by atoms with Crippen LogP contribution in [0.15, 0.2) is 94.9 Å². The van der Waals surface area contributed by atoms with Gasteiger partial charge in [-0.25, -0.2) is 13.8 Å². The van der Waals surface area contributed by atoms with Crippen LogP contribution < -0.4 is 29.3 Å². The molecule has 0 aromatic heterocycles. The van der Waals surface area contributed by atoms with E-state index < -0.39 is 22.5 Å². The van der Waals surface area contributed by atoms with Gasteiger partial charge in [0.25, 0.3) is 21.8 Å². The highest BCUT2D eigenvalue weighted by Crippen LogP contribution is 2.32. The molecule has 0 aliphatic carbocycles. The van der Waals surface area contributed by atoms with E-state index in [-0.39, 0.29) is 23.2 Å². The molecule has 0 saturated carbocycles. The zero-order chi connectivity index (χ0) is 33.3. The van der Waals surface area contributed by atoms with Crippen molar-refractivity contribution in [1.29, 1.82) is 0 Å². The number of aryl methyl sites for hydroxylation is 2. The van der Waals surface area contributed by atoms with Crippen LogP contribution in [0, 0.1) is 13.8 Å². The molecule has 0 heterocycles. The zero-order valence-electron chi connectivity index (χ0n) is 25.6. The predicted molar refractivity (Wildman–Crippen MR) is 178 cm³/mol. The summed E-state index contributed by atoms with van der Waals surface area (Å²) in [4.78, 5) is 25.1. The number of rotatable bonds is 13. The predicted octanol–water partition coefficient (Wildman–Crippen LogP) is 5.34. The summed E-state index contributed by atoms with van der Waals surface area (Å²) in [5.74, 6) is 0.00753. The third kappa shape index (κ3) is 8.77. The van der Waals surface area contributed by atoms with E-state index in [1.54, 1.807) is 60.7 Å². The summed E-state index contributed by atoms with van der Waals surface area (Å²) in [5, 5.41) is 7.09. The van der Waals surface area contributed by atoms with Crippen molar-refractivity contribution in [2.24, 2.45) is 5.10 Å². The van der Waals surface area contributed by atoms with E-state index in [1.807, 2.05) is 19.9 Å². The summed E-state index contributed by atoms with van der Waals surface area (Å²) in [6, 6.07) is 23.0. The number of ether oxygens (including phenoxy) is 3. The van der Waals surface area contributed by atoms with E-state index in [0.717, 1.165) is 15.4 Å². The Morgan fingerprint density at radius 2 is 1.54 bits per heavy atom. The highest BCUT2D eigenvalue weighted by atomic mass is 35.5. The number of hydrazone groups is 1. The third-order valence-corrected chi connectivity index (χ3v) is 8.62. The number of hydrogen-bond donors (Lipinski definition) is 2. The molecule has 0 spiro atoms. The molecule has 4 aromatic rings. The molecule has 0 saturated heterocycles. The van der Waals surface area contributed by atoms with Crippen molar-refractivity contribution in [3.05, 3.63) is 107 Å². The second kappa shape index (κ2) is 15.3. The molecule has 0 radical (unpaired) electrons. The molecule has 0 unspecified atom stereocenters. The Hall–Kier alpha value is -5.07. The number of halogens is 1. The Bertz CT molecular complexity index is 1830. The number of methoxy groups -OCH3 is 2. The Labute approximate surface area is 272 Å². The van der Waals surface area contributed by atoms with Gasteiger partial charge in [-0.3, -0.25) is 13.9 Å². The van der Waals surface area contributed by atoms with E-state index >= 15 is 0 Å². The van der Waals surface area contributed by atoms with Gasteiger partial charge >= 0.3 is 0 Å². The van der Waals surface area contributed by atoms with Crippen molar-refractivity contribution in [3.8, 4) is 17.2 Å². The lowest BCUT2D eigenvalue weighted by atomic mass is 10.1. The molecule has 0 fully saturated rings. The quantitative estimate of drug-likeness (QED) is 0.146. The third-order valence-electron chi connectivity index (χ3n) is 6.53. The molecule has 46 heavy (non-hydrogen) atoms. The Balaban J connectivity index is 1.42. The molecule has 4 aromatic carbocycles. The number of hydrogen-bond acceptors (Lipinski definition) is 8. The SMILES string of the molecule is COc1ccc(S(=O)(=O)N(CC(=O)N/N=C\c2ccc(OCC(=O)Nc3ccccc3Cl)cc2)c2cc(C)cc(C)c2)cc1OC. The molecule has 11 nitrogen and oxygen atoms in total. The monoisotopic (exact) mass is 664 g/mol. The lowest BCUT2D eigenvalue weighted by Gasteiger charge is -2.25. The van der Waals surface area contributed by atoms with E-state index in [4.69, 9.17) is 25.8 Å². The fraction of sp³-hybridized carbons (Fsp3) is 0.182. The number of amides is 2. The Kier molecular flexibility index (Phi) is 11.2. The first-order valence-electron chi connectivity index (χ1n) is 13.9. The van der Waals surface area contributed by atoms with Crippen LogP contribution in [0.1, 0.15) is 16.7 Å². The number of nitrogens with zero attached hydrogens (tertiary/aromatic N) is 2. The van der Waals surface area contributed by atoms with E-state index in [2.05, 4.69) is 15.8 Å². The fourth-order valence-corrected chi connectivity index (χ4v) is 6.01. The second-order valence-electron chi connectivity index (χ2n) is 10.1. The average molecular weight is 665 g/mol. The van der Waals surface area contributed by atoms with Crippen LogP contribution in [0.4, 0.5) is 11.4 Å². The number of benzene rings is 4. The van der Waals surface area contributed by atoms with Gasteiger partial charge < -0.3 is 19.5 Å². The zero-order valence-corrected chi connectivity index (χ0v) is 27.2. The van der Waals surface area contributed by atoms with Crippen LogP contribution in [0.5, 0.6) is 17.2 Å². The van der Waals surface area contributed by atoms with Crippen molar-refractivity contribution in [3.63, 3.8) is 0 Å². The van der Waals surface area contributed by atoms with Gasteiger partial charge in [0.05, 0.1) is 41.7 Å². The summed E-state index contributed by atoms with van der Waals surface area (Å²) in [6.07, 6.45) is 1.40. The van der Waals surface area contributed by atoms with Gasteiger partial charge in [0.2, 0.25) is 0 Å². The summed E-state index contributed by atoms with van der Waals surface area (Å²) >= 11 is 6.06. The number of carbonyl (C=O) groups is 2. The largest absolute Gasteiger partial charge is 0.493 e. The minimum Gasteiger partial charge on any atom is -0.493 e. The number of para-hydroxylation sites is 1. The summed E-state index contributed by atoms with van der Waals surface area (Å²) in [6.45, 7) is 2.92. The number of sulfonamides is 1. The summed E-state index contributed by atoms with van der Waals surface area (Å²) in [7, 11) is -1.36. The fourth-order valence-electron chi connectivity index (χ4n) is 4.41. The van der Waals surface area contributed by atoms with Crippen LogP contribution in [0.2, 0.25) is 5.02 Å². The van der Waals surface area contributed by atoms with Crippen LogP contribution in [-0.2, 0) is 19.6 Å². The van der Waals surface area contributed by atoms with Crippen LogP contribution >= 0.6 is 11.6 Å².